The van der Waals surface area contributed by atoms with E-state index in [2.05, 4.69) is 4.98 Å². The van der Waals surface area contributed by atoms with Crippen molar-refractivity contribution in [1.82, 2.24) is 4.98 Å². The highest BCUT2D eigenvalue weighted by atomic mass is 32.2. The molecule has 3 rings (SSSR count). The molecule has 3 aromatic rings. The number of hydrogen-bond acceptors (Lipinski definition) is 6. The molecule has 1 atom stereocenters. The Balaban J connectivity index is 1.74. The number of halogens is 1. The molecule has 0 bridgehead atoms. The van der Waals surface area contributed by atoms with Gasteiger partial charge in [0, 0.05) is 6.42 Å². The number of thiazole rings is 1. The molecule has 0 saturated heterocycles. The van der Waals surface area contributed by atoms with Gasteiger partial charge in [-0.15, -0.1) is 11.3 Å². The molecule has 8 heteroatoms. The van der Waals surface area contributed by atoms with Gasteiger partial charge in [-0.3, -0.25) is 0 Å². The van der Waals surface area contributed by atoms with E-state index in [0.717, 1.165) is 5.56 Å². The van der Waals surface area contributed by atoms with Crippen molar-refractivity contribution in [1.29, 1.82) is 0 Å². The highest BCUT2D eigenvalue weighted by Gasteiger charge is 2.20. The van der Waals surface area contributed by atoms with E-state index >= 15 is 0 Å². The first-order valence-corrected chi connectivity index (χ1v) is 9.36. The topological polar surface area (TPSA) is 82.3 Å². The molecule has 2 aromatic carbocycles. The predicted octanol–water partition coefficient (Wildman–Crippen LogP) is 2.98. The minimum absolute atomic E-state index is 0.0509. The molecule has 1 aromatic heterocycles. The Morgan fingerprint density at radius 2 is 1.96 bits per heavy atom. The molecule has 1 heterocycles. The van der Waals surface area contributed by atoms with Crippen LogP contribution in [0.1, 0.15) is 10.6 Å². The molecular formula is C16H15FN2O3S2. The maximum Gasteiger partial charge on any atom is 0.298 e. The lowest BCUT2D eigenvalue weighted by molar-refractivity contribution is 0.217. The van der Waals surface area contributed by atoms with Crippen molar-refractivity contribution in [2.75, 3.05) is 0 Å². The van der Waals surface area contributed by atoms with Crippen molar-refractivity contribution in [2.45, 2.75) is 24.5 Å². The Hall–Kier alpha value is -1.87. The number of hydrogen-bond donors (Lipinski definition) is 1. The summed E-state index contributed by atoms with van der Waals surface area (Å²) < 4.78 is 43.3. The Labute approximate surface area is 143 Å². The first-order chi connectivity index (χ1) is 11.3. The lowest BCUT2D eigenvalue weighted by atomic mass is 10.2. The Bertz CT molecular complexity index is 969. The zero-order valence-electron chi connectivity index (χ0n) is 12.8. The third-order valence-corrected chi connectivity index (χ3v) is 5.72. The summed E-state index contributed by atoms with van der Waals surface area (Å²) in [4.78, 5) is 4.36. The smallest absolute Gasteiger partial charge is 0.298 e. The molecule has 0 spiro atoms. The van der Waals surface area contributed by atoms with E-state index in [0.29, 0.717) is 15.2 Å². The summed E-state index contributed by atoms with van der Waals surface area (Å²) in [5, 5.41) is 0.585. The monoisotopic (exact) mass is 366 g/mol. The number of benzene rings is 2. The largest absolute Gasteiger partial charge is 0.305 e. The molecule has 126 valence electrons. The van der Waals surface area contributed by atoms with Gasteiger partial charge >= 0.3 is 0 Å². The number of aryl methyl sites for hydroxylation is 1. The molecule has 5 nitrogen and oxygen atoms in total. The molecule has 0 radical (unpaired) electrons. The average Bonchev–Trinajstić information content (AvgIpc) is 2.88. The van der Waals surface area contributed by atoms with Gasteiger partial charge in [0.05, 0.1) is 20.1 Å². The van der Waals surface area contributed by atoms with Gasteiger partial charge in [0.1, 0.15) is 12.0 Å². The minimum Gasteiger partial charge on any atom is -0.305 e. The lowest BCUT2D eigenvalue weighted by Crippen LogP contribution is -2.29. The third-order valence-electron chi connectivity index (χ3n) is 3.33. The maximum absolute atomic E-state index is 13.2. The van der Waals surface area contributed by atoms with E-state index in [4.69, 9.17) is 9.92 Å². The molecular weight excluding hydrogens is 351 g/mol. The van der Waals surface area contributed by atoms with E-state index in [1.165, 1.54) is 35.6 Å². The van der Waals surface area contributed by atoms with Gasteiger partial charge in [-0.25, -0.2) is 13.6 Å². The lowest BCUT2D eigenvalue weighted by Gasteiger charge is -2.11. The molecule has 24 heavy (non-hydrogen) atoms. The van der Waals surface area contributed by atoms with Gasteiger partial charge in [0.25, 0.3) is 10.1 Å². The summed E-state index contributed by atoms with van der Waals surface area (Å²) in [5.41, 5.74) is 7.39. The number of fused-ring (bicyclic) bond motifs is 1. The summed E-state index contributed by atoms with van der Waals surface area (Å²) in [5.74, 6) is -0.347. The number of nitrogens with zero attached hydrogens (tertiary/aromatic N) is 1. The molecule has 0 amide bonds. The van der Waals surface area contributed by atoms with Gasteiger partial charge in [-0.1, -0.05) is 17.7 Å². The van der Waals surface area contributed by atoms with Crippen LogP contribution >= 0.6 is 11.3 Å². The van der Waals surface area contributed by atoms with Crippen molar-refractivity contribution in [3.8, 4) is 0 Å². The molecule has 1 unspecified atom stereocenters. The number of rotatable bonds is 5. The number of aromatic nitrogens is 1. The highest BCUT2D eigenvalue weighted by Crippen LogP contribution is 2.24. The fraction of sp³-hybridized carbons (Fsp3) is 0.188. The molecule has 0 aliphatic carbocycles. The SMILES string of the molecule is Cc1ccc(S(=O)(=O)OC(N)Cc2nc3ccc(F)cc3s2)cc1. The van der Waals surface area contributed by atoms with E-state index < -0.39 is 16.3 Å². The van der Waals surface area contributed by atoms with Crippen LogP contribution in [0.4, 0.5) is 4.39 Å². The average molecular weight is 366 g/mol. The van der Waals surface area contributed by atoms with Crippen LogP contribution in [0, 0.1) is 12.7 Å². The van der Waals surface area contributed by atoms with Gasteiger partial charge < -0.3 is 5.73 Å². The fourth-order valence-electron chi connectivity index (χ4n) is 2.16. The van der Waals surface area contributed by atoms with Crippen molar-refractivity contribution in [3.05, 3.63) is 58.9 Å². The summed E-state index contributed by atoms with van der Waals surface area (Å²) >= 11 is 1.26. The quantitative estimate of drug-likeness (QED) is 0.554. The summed E-state index contributed by atoms with van der Waals surface area (Å²) in [6.45, 7) is 1.86. The second kappa shape index (κ2) is 6.56. The summed E-state index contributed by atoms with van der Waals surface area (Å²) in [6.07, 6.45) is -0.951. The summed E-state index contributed by atoms with van der Waals surface area (Å²) in [6, 6.07) is 10.6. The van der Waals surface area contributed by atoms with Crippen LogP contribution in [-0.4, -0.2) is 19.6 Å². The van der Waals surface area contributed by atoms with Crippen LogP contribution in [0.5, 0.6) is 0 Å². The fourth-order valence-corrected chi connectivity index (χ4v) is 4.17. The van der Waals surface area contributed by atoms with Crippen LogP contribution in [-0.2, 0) is 20.7 Å². The Morgan fingerprint density at radius 3 is 2.67 bits per heavy atom. The normalized spacial score (nSPS) is 13.3. The van der Waals surface area contributed by atoms with Crippen molar-refractivity contribution in [3.63, 3.8) is 0 Å². The van der Waals surface area contributed by atoms with Crippen molar-refractivity contribution in [2.24, 2.45) is 5.73 Å². The number of nitrogens with two attached hydrogens (primary N) is 1. The van der Waals surface area contributed by atoms with Gasteiger partial charge in [0.15, 0.2) is 0 Å². The van der Waals surface area contributed by atoms with Crippen LogP contribution in [0.3, 0.4) is 0 Å². The Morgan fingerprint density at radius 1 is 1.25 bits per heavy atom. The molecule has 0 aliphatic heterocycles. The van der Waals surface area contributed by atoms with E-state index in [-0.39, 0.29) is 17.1 Å². The summed E-state index contributed by atoms with van der Waals surface area (Å²) in [7, 11) is -3.94. The standard InChI is InChI=1S/C16H15FN2O3S2/c1-10-2-5-12(6-3-10)24(20,21)22-15(18)9-16-19-13-7-4-11(17)8-14(13)23-16/h2-8,15H,9,18H2,1H3. The van der Waals surface area contributed by atoms with E-state index in [1.807, 2.05) is 6.92 Å². The van der Waals surface area contributed by atoms with Crippen molar-refractivity contribution < 1.29 is 17.0 Å². The van der Waals surface area contributed by atoms with Crippen LogP contribution in [0.2, 0.25) is 0 Å². The van der Waals surface area contributed by atoms with Gasteiger partial charge in [-0.2, -0.15) is 8.42 Å². The van der Waals surface area contributed by atoms with Crippen LogP contribution in [0.25, 0.3) is 10.2 Å². The zero-order valence-corrected chi connectivity index (χ0v) is 14.4. The second-order valence-electron chi connectivity index (χ2n) is 5.33. The Kier molecular flexibility index (Phi) is 4.64. The molecule has 0 fully saturated rings. The van der Waals surface area contributed by atoms with Gasteiger partial charge in [0.2, 0.25) is 0 Å². The highest BCUT2D eigenvalue weighted by molar-refractivity contribution is 7.86. The van der Waals surface area contributed by atoms with E-state index in [1.54, 1.807) is 18.2 Å². The van der Waals surface area contributed by atoms with Crippen molar-refractivity contribution >= 4 is 31.7 Å². The van der Waals surface area contributed by atoms with Gasteiger partial charge in [-0.05, 0) is 37.3 Å². The predicted molar refractivity (Wildman–Crippen MR) is 90.7 cm³/mol. The van der Waals surface area contributed by atoms with Crippen LogP contribution < -0.4 is 5.73 Å². The maximum atomic E-state index is 13.2. The first kappa shape index (κ1) is 17.0. The molecule has 0 saturated carbocycles. The molecule has 0 aliphatic rings. The zero-order chi connectivity index (χ0) is 17.3. The minimum atomic E-state index is -3.94. The molecule has 2 N–H and O–H groups in total. The first-order valence-electron chi connectivity index (χ1n) is 7.14. The third kappa shape index (κ3) is 3.78. The van der Waals surface area contributed by atoms with E-state index in [9.17, 15) is 12.8 Å². The second-order valence-corrected chi connectivity index (χ2v) is 8.01. The van der Waals surface area contributed by atoms with Crippen LogP contribution in [0.15, 0.2) is 47.4 Å².